The van der Waals surface area contributed by atoms with E-state index < -0.39 is 12.1 Å². The number of hydrogen-bond donors (Lipinski definition) is 3. The second kappa shape index (κ2) is 39.5. The number of aliphatic hydroxyl groups is 2. The van der Waals surface area contributed by atoms with Crippen molar-refractivity contribution in [2.24, 2.45) is 0 Å². The minimum absolute atomic E-state index is 0.0725. The van der Waals surface area contributed by atoms with Crippen molar-refractivity contribution in [3.05, 3.63) is 60.8 Å². The fourth-order valence-corrected chi connectivity index (χ4v) is 5.87. The number of hydrogen-bond acceptors (Lipinski definition) is 3. The van der Waals surface area contributed by atoms with Crippen molar-refractivity contribution in [1.29, 1.82) is 0 Å². The second-order valence-electron chi connectivity index (χ2n) is 13.7. The first-order valence-electron chi connectivity index (χ1n) is 20.5. The normalized spacial score (nSPS) is 13.7. The van der Waals surface area contributed by atoms with Crippen molar-refractivity contribution < 1.29 is 15.0 Å². The molecule has 0 rings (SSSR count). The van der Waals surface area contributed by atoms with Gasteiger partial charge in [0.1, 0.15) is 0 Å². The van der Waals surface area contributed by atoms with Crippen molar-refractivity contribution in [2.75, 3.05) is 6.61 Å². The average Bonchev–Trinajstić information content (AvgIpc) is 3.09. The number of aliphatic hydroxyl groups excluding tert-OH is 2. The molecule has 48 heavy (non-hydrogen) atoms. The summed E-state index contributed by atoms with van der Waals surface area (Å²) in [4.78, 5) is 12.2. The van der Waals surface area contributed by atoms with Crippen molar-refractivity contribution in [1.82, 2.24) is 5.32 Å². The molecule has 0 aliphatic heterocycles. The molecule has 0 radical (unpaired) electrons. The van der Waals surface area contributed by atoms with Crippen LogP contribution in [0.2, 0.25) is 0 Å². The molecule has 0 aromatic carbocycles. The Hall–Kier alpha value is -1.91. The van der Waals surface area contributed by atoms with E-state index in [0.29, 0.717) is 6.42 Å². The van der Waals surface area contributed by atoms with Gasteiger partial charge in [-0.15, -0.1) is 0 Å². The van der Waals surface area contributed by atoms with Gasteiger partial charge in [0.25, 0.3) is 0 Å². The molecule has 2 atom stereocenters. The maximum atomic E-state index is 12.2. The number of nitrogens with one attached hydrogen (secondary N) is 1. The maximum absolute atomic E-state index is 12.2. The zero-order valence-electron chi connectivity index (χ0n) is 31.7. The van der Waals surface area contributed by atoms with Crippen LogP contribution in [0.4, 0.5) is 0 Å². The Morgan fingerprint density at radius 3 is 1.38 bits per heavy atom. The molecule has 2 unspecified atom stereocenters. The predicted molar refractivity (Wildman–Crippen MR) is 211 cm³/mol. The first kappa shape index (κ1) is 46.1. The minimum Gasteiger partial charge on any atom is -0.394 e. The van der Waals surface area contributed by atoms with E-state index in [2.05, 4.69) is 67.8 Å². The van der Waals surface area contributed by atoms with Crippen LogP contribution in [0.25, 0.3) is 0 Å². The van der Waals surface area contributed by atoms with Gasteiger partial charge in [-0.05, 0) is 57.8 Å². The van der Waals surface area contributed by atoms with Crippen molar-refractivity contribution in [2.45, 2.75) is 206 Å². The lowest BCUT2D eigenvalue weighted by Gasteiger charge is -2.20. The van der Waals surface area contributed by atoms with E-state index in [-0.39, 0.29) is 12.5 Å². The molecule has 4 nitrogen and oxygen atoms in total. The molecule has 0 fully saturated rings. The Bertz CT molecular complexity index is 812. The maximum Gasteiger partial charge on any atom is 0.220 e. The molecule has 0 saturated heterocycles. The molecule has 0 bridgehead atoms. The van der Waals surface area contributed by atoms with Gasteiger partial charge >= 0.3 is 0 Å². The number of carbonyl (C=O) groups excluding carboxylic acids is 1. The van der Waals surface area contributed by atoms with E-state index in [4.69, 9.17) is 0 Å². The van der Waals surface area contributed by atoms with Crippen LogP contribution < -0.4 is 5.32 Å². The van der Waals surface area contributed by atoms with Gasteiger partial charge in [-0.1, -0.05) is 190 Å². The Morgan fingerprint density at radius 2 is 0.917 bits per heavy atom. The standard InChI is InChI=1S/C44H79NO3/c1-3-5-7-9-10-11-12-13-14-15-16-17-18-19-20-21-22-23-24-25-26-27-28-29-30-31-32-33-34-36-38-40-44(48)45-42(41-46)43(47)39-37-35-8-6-4-2/h5,7,10-11,13-14,16-17,37,39,42-43,46-47H,3-4,6,8-9,12,15,18-36,38,40-41H2,1-2H3,(H,45,48)/b7-5-,11-10-,14-13-,17-16-,39-37+. The van der Waals surface area contributed by atoms with Crippen molar-refractivity contribution >= 4 is 5.91 Å². The summed E-state index contributed by atoms with van der Waals surface area (Å²) < 4.78 is 0. The molecular formula is C44H79NO3. The molecule has 0 aliphatic rings. The summed E-state index contributed by atoms with van der Waals surface area (Å²) in [5.41, 5.74) is 0. The number of unbranched alkanes of at least 4 members (excludes halogenated alkanes) is 21. The molecular weight excluding hydrogens is 590 g/mol. The molecule has 3 N–H and O–H groups in total. The van der Waals surface area contributed by atoms with Gasteiger partial charge < -0.3 is 15.5 Å². The summed E-state index contributed by atoms with van der Waals surface area (Å²) in [6.45, 7) is 4.09. The van der Waals surface area contributed by atoms with Crippen molar-refractivity contribution in [3.8, 4) is 0 Å². The topological polar surface area (TPSA) is 69.6 Å². The summed E-state index contributed by atoms with van der Waals surface area (Å²) in [5.74, 6) is -0.0725. The fraction of sp³-hybridized carbons (Fsp3) is 0.750. The van der Waals surface area contributed by atoms with Crippen LogP contribution in [0.5, 0.6) is 0 Å². The zero-order chi connectivity index (χ0) is 35.0. The molecule has 0 spiro atoms. The van der Waals surface area contributed by atoms with Crippen LogP contribution in [0, 0.1) is 0 Å². The lowest BCUT2D eigenvalue weighted by atomic mass is 10.0. The van der Waals surface area contributed by atoms with E-state index in [9.17, 15) is 15.0 Å². The number of carbonyl (C=O) groups is 1. The number of rotatable bonds is 36. The molecule has 0 aromatic heterocycles. The van der Waals surface area contributed by atoms with E-state index in [1.807, 2.05) is 6.08 Å². The van der Waals surface area contributed by atoms with Crippen LogP contribution in [0.1, 0.15) is 194 Å². The van der Waals surface area contributed by atoms with Gasteiger partial charge in [0.2, 0.25) is 5.91 Å². The Balaban J connectivity index is 3.40. The SMILES string of the molecule is CC/C=C\C/C=C\C/C=C\C/C=C\CCCCCCCCCCCCCCCCCCCCC(=O)NC(CO)C(O)/C=C/CCCCC. The van der Waals surface area contributed by atoms with Crippen LogP contribution in [-0.2, 0) is 4.79 Å². The highest BCUT2D eigenvalue weighted by atomic mass is 16.3. The Morgan fingerprint density at radius 1 is 0.521 bits per heavy atom. The highest BCUT2D eigenvalue weighted by Gasteiger charge is 2.17. The molecule has 1 amide bonds. The predicted octanol–water partition coefficient (Wildman–Crippen LogP) is 12.6. The molecule has 4 heteroatoms. The van der Waals surface area contributed by atoms with Crippen LogP contribution in [-0.4, -0.2) is 34.9 Å². The quantitative estimate of drug-likeness (QED) is 0.0459. The second-order valence-corrected chi connectivity index (χ2v) is 13.7. The van der Waals surface area contributed by atoms with Crippen LogP contribution in [0.15, 0.2) is 60.8 Å². The van der Waals surface area contributed by atoms with Crippen LogP contribution >= 0.6 is 0 Å². The summed E-state index contributed by atoms with van der Waals surface area (Å²) >= 11 is 0. The number of allylic oxidation sites excluding steroid dienone is 9. The fourth-order valence-electron chi connectivity index (χ4n) is 5.87. The van der Waals surface area contributed by atoms with Gasteiger partial charge in [0, 0.05) is 6.42 Å². The van der Waals surface area contributed by atoms with Crippen LogP contribution in [0.3, 0.4) is 0 Å². The summed E-state index contributed by atoms with van der Waals surface area (Å²) in [6.07, 6.45) is 55.1. The summed E-state index contributed by atoms with van der Waals surface area (Å²) in [6, 6.07) is -0.618. The van der Waals surface area contributed by atoms with E-state index in [1.54, 1.807) is 6.08 Å². The monoisotopic (exact) mass is 670 g/mol. The lowest BCUT2D eigenvalue weighted by Crippen LogP contribution is -2.45. The zero-order valence-corrected chi connectivity index (χ0v) is 31.7. The van der Waals surface area contributed by atoms with Crippen molar-refractivity contribution in [3.63, 3.8) is 0 Å². The largest absolute Gasteiger partial charge is 0.394 e. The van der Waals surface area contributed by atoms with Gasteiger partial charge in [-0.25, -0.2) is 0 Å². The summed E-state index contributed by atoms with van der Waals surface area (Å²) in [5, 5.41) is 22.6. The van der Waals surface area contributed by atoms with Gasteiger partial charge in [-0.2, -0.15) is 0 Å². The van der Waals surface area contributed by atoms with E-state index in [1.165, 1.54) is 122 Å². The highest BCUT2D eigenvalue weighted by molar-refractivity contribution is 5.76. The molecule has 278 valence electrons. The summed E-state index contributed by atoms with van der Waals surface area (Å²) in [7, 11) is 0. The van der Waals surface area contributed by atoms with Gasteiger partial charge in [0.15, 0.2) is 0 Å². The molecule has 0 saturated carbocycles. The van der Waals surface area contributed by atoms with E-state index in [0.717, 1.165) is 51.4 Å². The van der Waals surface area contributed by atoms with Gasteiger partial charge in [-0.3, -0.25) is 4.79 Å². The Labute approximate surface area is 298 Å². The van der Waals surface area contributed by atoms with Gasteiger partial charge in [0.05, 0.1) is 18.8 Å². The molecule has 0 aromatic rings. The van der Waals surface area contributed by atoms with E-state index >= 15 is 0 Å². The first-order valence-corrected chi connectivity index (χ1v) is 20.5. The number of amides is 1. The third-order valence-electron chi connectivity index (χ3n) is 9.01. The molecule has 0 heterocycles. The smallest absolute Gasteiger partial charge is 0.220 e. The third-order valence-corrected chi connectivity index (χ3v) is 9.01. The first-order chi connectivity index (χ1) is 23.7. The lowest BCUT2D eigenvalue weighted by molar-refractivity contribution is -0.123. The molecule has 0 aliphatic carbocycles. The Kier molecular flexibility index (Phi) is 38.0. The third kappa shape index (κ3) is 35.4. The highest BCUT2D eigenvalue weighted by Crippen LogP contribution is 2.15. The minimum atomic E-state index is -0.834. The average molecular weight is 670 g/mol.